The number of nitrogens with zero attached hydrogens (tertiary/aromatic N) is 2. The normalized spacial score (nSPS) is 15.1. The van der Waals surface area contributed by atoms with E-state index in [1.165, 1.54) is 25.3 Å². The molecule has 1 saturated carbocycles. The summed E-state index contributed by atoms with van der Waals surface area (Å²) in [7, 11) is 0. The minimum Gasteiger partial charge on any atom is -0.320 e. The average molecular weight is 321 g/mol. The highest BCUT2D eigenvalue weighted by Gasteiger charge is 2.21. The lowest BCUT2D eigenvalue weighted by molar-refractivity contribution is -0.393. The highest BCUT2D eigenvalue weighted by atomic mass is 16.6. The predicted octanol–water partition coefficient (Wildman–Crippen LogP) is 3.80. The van der Waals surface area contributed by atoms with Gasteiger partial charge >= 0.3 is 0 Å². The Labute approximate surface area is 133 Å². The van der Waals surface area contributed by atoms with E-state index < -0.39 is 15.5 Å². The summed E-state index contributed by atoms with van der Waals surface area (Å²) in [5.74, 6) is 0.244. The SMILES string of the molecule is O=C(CCC1CCCCC1)Nc1ccc([N+](=O)[O-])cc1[N+](=O)[O-]. The first-order chi connectivity index (χ1) is 11.0. The molecule has 0 atom stereocenters. The summed E-state index contributed by atoms with van der Waals surface area (Å²) in [5, 5.41) is 24.2. The van der Waals surface area contributed by atoms with Gasteiger partial charge in [0, 0.05) is 12.5 Å². The van der Waals surface area contributed by atoms with Crippen LogP contribution in [-0.2, 0) is 4.79 Å². The summed E-state index contributed by atoms with van der Waals surface area (Å²) in [6.07, 6.45) is 6.97. The third-order valence-electron chi connectivity index (χ3n) is 4.17. The summed E-state index contributed by atoms with van der Waals surface area (Å²) >= 11 is 0. The Bertz CT molecular complexity index is 611. The molecule has 8 nitrogen and oxygen atoms in total. The largest absolute Gasteiger partial charge is 0.320 e. The van der Waals surface area contributed by atoms with Crippen LogP contribution in [0.25, 0.3) is 0 Å². The molecule has 0 unspecified atom stereocenters. The van der Waals surface area contributed by atoms with E-state index in [4.69, 9.17) is 0 Å². The van der Waals surface area contributed by atoms with Crippen molar-refractivity contribution < 1.29 is 14.6 Å². The molecule has 0 heterocycles. The molecule has 0 aliphatic heterocycles. The maximum absolute atomic E-state index is 12.0. The minimum absolute atomic E-state index is 0.00533. The fourth-order valence-corrected chi connectivity index (χ4v) is 2.91. The van der Waals surface area contributed by atoms with Crippen LogP contribution in [0.5, 0.6) is 0 Å². The van der Waals surface area contributed by atoms with Gasteiger partial charge in [-0.05, 0) is 18.4 Å². The van der Waals surface area contributed by atoms with Crippen LogP contribution in [0, 0.1) is 26.1 Å². The van der Waals surface area contributed by atoms with Crippen molar-refractivity contribution in [1.29, 1.82) is 0 Å². The van der Waals surface area contributed by atoms with Gasteiger partial charge in [-0.25, -0.2) is 0 Å². The molecule has 8 heteroatoms. The molecule has 23 heavy (non-hydrogen) atoms. The van der Waals surface area contributed by atoms with E-state index in [9.17, 15) is 25.0 Å². The fraction of sp³-hybridized carbons (Fsp3) is 0.533. The van der Waals surface area contributed by atoms with Crippen LogP contribution in [0.4, 0.5) is 17.1 Å². The molecule has 1 aliphatic carbocycles. The van der Waals surface area contributed by atoms with E-state index in [1.807, 2.05) is 0 Å². The Morgan fingerprint density at radius 3 is 2.43 bits per heavy atom. The molecular weight excluding hydrogens is 302 g/mol. The third kappa shape index (κ3) is 4.73. The summed E-state index contributed by atoms with van der Waals surface area (Å²) in [4.78, 5) is 32.2. The summed E-state index contributed by atoms with van der Waals surface area (Å²) in [6.45, 7) is 0. The summed E-state index contributed by atoms with van der Waals surface area (Å²) in [6, 6.07) is 3.20. The van der Waals surface area contributed by atoms with Gasteiger partial charge in [-0.1, -0.05) is 32.1 Å². The lowest BCUT2D eigenvalue weighted by Gasteiger charge is -2.20. The number of nitro benzene ring substituents is 2. The van der Waals surface area contributed by atoms with Crippen molar-refractivity contribution in [2.45, 2.75) is 44.9 Å². The van der Waals surface area contributed by atoms with Gasteiger partial charge in [-0.2, -0.15) is 0 Å². The molecule has 1 aromatic carbocycles. The van der Waals surface area contributed by atoms with Crippen molar-refractivity contribution in [3.05, 3.63) is 38.4 Å². The smallest absolute Gasteiger partial charge is 0.299 e. The van der Waals surface area contributed by atoms with Crippen molar-refractivity contribution >= 4 is 23.0 Å². The van der Waals surface area contributed by atoms with Gasteiger partial charge in [0.1, 0.15) is 5.69 Å². The number of hydrogen-bond donors (Lipinski definition) is 1. The van der Waals surface area contributed by atoms with E-state index in [0.717, 1.165) is 31.4 Å². The number of nitrogens with one attached hydrogen (secondary N) is 1. The van der Waals surface area contributed by atoms with Crippen molar-refractivity contribution in [3.8, 4) is 0 Å². The van der Waals surface area contributed by atoms with Gasteiger partial charge in [0.2, 0.25) is 5.91 Å². The zero-order chi connectivity index (χ0) is 16.8. The maximum Gasteiger partial charge on any atom is 0.299 e. The Morgan fingerprint density at radius 2 is 1.83 bits per heavy atom. The van der Waals surface area contributed by atoms with Crippen LogP contribution in [0.1, 0.15) is 44.9 Å². The number of hydrogen-bond acceptors (Lipinski definition) is 5. The van der Waals surface area contributed by atoms with Crippen LogP contribution in [0.2, 0.25) is 0 Å². The Kier molecular flexibility index (Phi) is 5.61. The number of rotatable bonds is 6. The van der Waals surface area contributed by atoms with Crippen LogP contribution >= 0.6 is 0 Å². The average Bonchev–Trinajstić information content (AvgIpc) is 2.54. The first-order valence-electron chi connectivity index (χ1n) is 7.70. The van der Waals surface area contributed by atoms with E-state index in [0.29, 0.717) is 12.3 Å². The molecule has 1 N–H and O–H groups in total. The van der Waals surface area contributed by atoms with Gasteiger partial charge in [0.15, 0.2) is 0 Å². The number of anilines is 1. The second-order valence-electron chi connectivity index (χ2n) is 5.81. The van der Waals surface area contributed by atoms with Crippen molar-refractivity contribution in [3.63, 3.8) is 0 Å². The molecule has 1 aromatic rings. The Balaban J connectivity index is 1.99. The number of benzene rings is 1. The molecule has 0 radical (unpaired) electrons. The van der Waals surface area contributed by atoms with Crippen LogP contribution in [-0.4, -0.2) is 15.8 Å². The first-order valence-corrected chi connectivity index (χ1v) is 7.70. The van der Waals surface area contributed by atoms with E-state index in [1.54, 1.807) is 0 Å². The minimum atomic E-state index is -0.732. The van der Waals surface area contributed by atoms with Gasteiger partial charge in [0.25, 0.3) is 11.4 Å². The van der Waals surface area contributed by atoms with Gasteiger partial charge in [-0.3, -0.25) is 25.0 Å². The van der Waals surface area contributed by atoms with E-state index in [2.05, 4.69) is 5.32 Å². The number of carbonyl (C=O) groups is 1. The second kappa shape index (κ2) is 7.66. The predicted molar refractivity (Wildman–Crippen MR) is 84.2 cm³/mol. The number of amides is 1. The Hall–Kier alpha value is -2.51. The molecule has 1 fully saturated rings. The van der Waals surface area contributed by atoms with E-state index in [-0.39, 0.29) is 17.3 Å². The highest BCUT2D eigenvalue weighted by molar-refractivity contribution is 5.93. The lowest BCUT2D eigenvalue weighted by atomic mass is 9.86. The fourth-order valence-electron chi connectivity index (χ4n) is 2.91. The topological polar surface area (TPSA) is 115 Å². The van der Waals surface area contributed by atoms with Crippen LogP contribution in [0.3, 0.4) is 0 Å². The van der Waals surface area contributed by atoms with Gasteiger partial charge < -0.3 is 5.32 Å². The number of non-ortho nitro benzene ring substituents is 1. The monoisotopic (exact) mass is 321 g/mol. The zero-order valence-corrected chi connectivity index (χ0v) is 12.7. The molecule has 1 aliphatic rings. The van der Waals surface area contributed by atoms with Gasteiger partial charge in [0.05, 0.1) is 15.9 Å². The molecule has 2 rings (SSSR count). The molecule has 124 valence electrons. The molecule has 0 saturated heterocycles. The molecule has 0 aromatic heterocycles. The number of carbonyl (C=O) groups excluding carboxylic acids is 1. The summed E-state index contributed by atoms with van der Waals surface area (Å²) < 4.78 is 0. The molecule has 1 amide bonds. The van der Waals surface area contributed by atoms with Gasteiger partial charge in [-0.15, -0.1) is 0 Å². The van der Waals surface area contributed by atoms with E-state index >= 15 is 0 Å². The second-order valence-corrected chi connectivity index (χ2v) is 5.81. The van der Waals surface area contributed by atoms with Crippen LogP contribution < -0.4 is 5.32 Å². The van der Waals surface area contributed by atoms with Crippen molar-refractivity contribution in [2.75, 3.05) is 5.32 Å². The van der Waals surface area contributed by atoms with Crippen molar-refractivity contribution in [2.24, 2.45) is 5.92 Å². The first kappa shape index (κ1) is 16.9. The lowest BCUT2D eigenvalue weighted by Crippen LogP contribution is -2.15. The maximum atomic E-state index is 12.0. The summed E-state index contributed by atoms with van der Waals surface area (Å²) in [5.41, 5.74) is -0.851. The molecule has 0 spiro atoms. The molecule has 0 bridgehead atoms. The third-order valence-corrected chi connectivity index (χ3v) is 4.17. The van der Waals surface area contributed by atoms with Crippen molar-refractivity contribution in [1.82, 2.24) is 0 Å². The molecular formula is C15H19N3O5. The standard InChI is InChI=1S/C15H19N3O5/c19-15(9-6-11-4-2-1-3-5-11)16-13-8-7-12(17(20)21)10-14(13)18(22)23/h7-8,10-11H,1-6,9H2,(H,16,19). The Morgan fingerprint density at radius 1 is 1.13 bits per heavy atom. The zero-order valence-electron chi connectivity index (χ0n) is 12.7. The highest BCUT2D eigenvalue weighted by Crippen LogP contribution is 2.30. The number of nitro groups is 2. The quantitative estimate of drug-likeness (QED) is 0.632. The van der Waals surface area contributed by atoms with Crippen LogP contribution in [0.15, 0.2) is 18.2 Å².